The molecule has 0 aliphatic heterocycles. The number of aromatic hydroxyl groups is 2. The molecule has 0 aliphatic carbocycles. The number of benzene rings is 2. The summed E-state index contributed by atoms with van der Waals surface area (Å²) >= 11 is 0. The van der Waals surface area contributed by atoms with Gasteiger partial charge in [-0.2, -0.15) is 0 Å². The van der Waals surface area contributed by atoms with Gasteiger partial charge >= 0.3 is 5.69 Å². The van der Waals surface area contributed by atoms with E-state index in [2.05, 4.69) is 4.99 Å². The van der Waals surface area contributed by atoms with Crippen LogP contribution >= 0.6 is 0 Å². The predicted octanol–water partition coefficient (Wildman–Crippen LogP) is 3.96. The van der Waals surface area contributed by atoms with Crippen molar-refractivity contribution in [3.63, 3.8) is 0 Å². The summed E-state index contributed by atoms with van der Waals surface area (Å²) in [5.74, 6) is -0.871. The highest BCUT2D eigenvalue weighted by Crippen LogP contribution is 2.35. The first-order valence-corrected chi connectivity index (χ1v) is 7.54. The van der Waals surface area contributed by atoms with Crippen LogP contribution in [-0.2, 0) is 5.41 Å². The fraction of sp³-hybridized carbons (Fsp3) is 0.235. The number of hydrogen-bond acceptors (Lipinski definition) is 7. The van der Waals surface area contributed by atoms with Gasteiger partial charge in [0.25, 0.3) is 5.69 Å². The van der Waals surface area contributed by atoms with Crippen molar-refractivity contribution in [3.05, 3.63) is 61.7 Å². The molecule has 0 bridgehead atoms. The van der Waals surface area contributed by atoms with Gasteiger partial charge in [0.2, 0.25) is 5.75 Å². The summed E-state index contributed by atoms with van der Waals surface area (Å²) in [6.45, 7) is 5.92. The minimum Gasteiger partial charge on any atom is -0.506 e. The van der Waals surface area contributed by atoms with E-state index in [0.717, 1.165) is 17.8 Å². The van der Waals surface area contributed by atoms with Crippen LogP contribution in [0.15, 0.2) is 35.3 Å². The number of non-ortho nitro benzene ring substituents is 1. The molecule has 0 saturated heterocycles. The fourth-order valence-corrected chi connectivity index (χ4v) is 2.20. The van der Waals surface area contributed by atoms with Gasteiger partial charge in [0.05, 0.1) is 15.9 Å². The Morgan fingerprint density at radius 2 is 1.69 bits per heavy atom. The third kappa shape index (κ3) is 3.94. The average molecular weight is 359 g/mol. The second-order valence-corrected chi connectivity index (χ2v) is 6.63. The molecule has 0 unspecified atom stereocenters. The van der Waals surface area contributed by atoms with Gasteiger partial charge in [0.1, 0.15) is 11.4 Å². The average Bonchev–Trinajstić information content (AvgIpc) is 2.53. The van der Waals surface area contributed by atoms with Crippen LogP contribution in [0.2, 0.25) is 0 Å². The number of nitro groups is 2. The summed E-state index contributed by atoms with van der Waals surface area (Å²) in [5.41, 5.74) is -0.698. The highest BCUT2D eigenvalue weighted by molar-refractivity contribution is 5.89. The Balaban J connectivity index is 2.54. The molecule has 0 aliphatic rings. The molecule has 0 atom stereocenters. The van der Waals surface area contributed by atoms with E-state index in [-0.39, 0.29) is 22.4 Å². The van der Waals surface area contributed by atoms with E-state index in [1.165, 1.54) is 6.07 Å². The smallest absolute Gasteiger partial charge is 0.318 e. The van der Waals surface area contributed by atoms with Crippen LogP contribution in [0.1, 0.15) is 31.9 Å². The van der Waals surface area contributed by atoms with Gasteiger partial charge in [-0.05, 0) is 23.1 Å². The topological polar surface area (TPSA) is 139 Å². The Morgan fingerprint density at radius 1 is 1.04 bits per heavy atom. The lowest BCUT2D eigenvalue weighted by Gasteiger charge is -2.19. The zero-order valence-corrected chi connectivity index (χ0v) is 14.3. The summed E-state index contributed by atoms with van der Waals surface area (Å²) in [6, 6.07) is 6.47. The SMILES string of the molecule is CC(C)(C)c1ccc(O)c(N=Cc2cc([N+](=O)[O-])cc([N+](=O)[O-])c2O)c1. The minimum absolute atomic E-state index is 0.131. The first-order valence-electron chi connectivity index (χ1n) is 7.54. The molecular weight excluding hydrogens is 342 g/mol. The third-order valence-corrected chi connectivity index (χ3v) is 3.70. The van der Waals surface area contributed by atoms with Gasteiger partial charge in [-0.3, -0.25) is 25.2 Å². The van der Waals surface area contributed by atoms with Crippen LogP contribution in [0.4, 0.5) is 17.1 Å². The highest BCUT2D eigenvalue weighted by atomic mass is 16.6. The van der Waals surface area contributed by atoms with Gasteiger partial charge < -0.3 is 10.2 Å². The maximum absolute atomic E-state index is 11.0. The molecule has 0 amide bonds. The lowest BCUT2D eigenvalue weighted by molar-refractivity contribution is -0.394. The van der Waals surface area contributed by atoms with Crippen LogP contribution in [0.5, 0.6) is 11.5 Å². The second kappa shape index (κ2) is 6.79. The Bertz CT molecular complexity index is 915. The number of aliphatic imine (C=N–C) groups is 1. The van der Waals surface area contributed by atoms with Crippen LogP contribution in [-0.4, -0.2) is 26.3 Å². The zero-order valence-electron chi connectivity index (χ0n) is 14.3. The molecule has 2 aromatic rings. The monoisotopic (exact) mass is 359 g/mol. The molecule has 26 heavy (non-hydrogen) atoms. The fourth-order valence-electron chi connectivity index (χ4n) is 2.20. The number of phenols is 2. The van der Waals surface area contributed by atoms with Crippen molar-refractivity contribution in [2.75, 3.05) is 0 Å². The lowest BCUT2D eigenvalue weighted by atomic mass is 9.87. The highest BCUT2D eigenvalue weighted by Gasteiger charge is 2.23. The van der Waals surface area contributed by atoms with E-state index < -0.39 is 27.0 Å². The maximum atomic E-state index is 11.0. The molecule has 0 aromatic heterocycles. The molecule has 2 N–H and O–H groups in total. The van der Waals surface area contributed by atoms with E-state index in [4.69, 9.17) is 0 Å². The standard InChI is InChI=1S/C17H17N3O6/c1-17(2,3)11-4-5-15(21)13(7-11)18-9-10-6-12(19(23)24)8-14(16(10)22)20(25)26/h4-9,21-22H,1-3H3. The van der Waals surface area contributed by atoms with E-state index in [9.17, 15) is 30.4 Å². The Kier molecular flexibility index (Phi) is 4.92. The van der Waals surface area contributed by atoms with Gasteiger partial charge in [-0.25, -0.2) is 0 Å². The van der Waals surface area contributed by atoms with Crippen LogP contribution in [0.25, 0.3) is 0 Å². The van der Waals surface area contributed by atoms with Gasteiger partial charge in [0.15, 0.2) is 0 Å². The minimum atomic E-state index is -0.919. The molecule has 0 heterocycles. The second-order valence-electron chi connectivity index (χ2n) is 6.63. The van der Waals surface area contributed by atoms with Crippen LogP contribution < -0.4 is 0 Å². The molecule has 0 saturated carbocycles. The molecule has 0 fully saturated rings. The quantitative estimate of drug-likeness (QED) is 0.481. The summed E-state index contributed by atoms with van der Waals surface area (Å²) in [4.78, 5) is 24.2. The van der Waals surface area contributed by atoms with Crippen LogP contribution in [0.3, 0.4) is 0 Å². The molecule has 2 aromatic carbocycles. The number of nitro benzene ring substituents is 2. The van der Waals surface area contributed by atoms with Crippen molar-refractivity contribution < 1.29 is 20.1 Å². The van der Waals surface area contributed by atoms with Crippen molar-refractivity contribution in [2.24, 2.45) is 4.99 Å². The molecular formula is C17H17N3O6. The molecule has 9 heteroatoms. The van der Waals surface area contributed by atoms with Crippen molar-refractivity contribution in [1.29, 1.82) is 0 Å². The Hall–Kier alpha value is -3.49. The normalized spacial score (nSPS) is 11.7. The Morgan fingerprint density at radius 3 is 2.23 bits per heavy atom. The molecule has 136 valence electrons. The lowest BCUT2D eigenvalue weighted by Crippen LogP contribution is -2.10. The summed E-state index contributed by atoms with van der Waals surface area (Å²) in [6.07, 6.45) is 1.04. The van der Waals surface area contributed by atoms with Crippen molar-refractivity contribution >= 4 is 23.3 Å². The van der Waals surface area contributed by atoms with Crippen molar-refractivity contribution in [3.8, 4) is 11.5 Å². The summed E-state index contributed by atoms with van der Waals surface area (Å²) in [7, 11) is 0. The molecule has 9 nitrogen and oxygen atoms in total. The molecule has 0 radical (unpaired) electrons. The van der Waals surface area contributed by atoms with Gasteiger partial charge in [-0.15, -0.1) is 0 Å². The van der Waals surface area contributed by atoms with E-state index in [1.807, 2.05) is 20.8 Å². The summed E-state index contributed by atoms with van der Waals surface area (Å²) < 4.78 is 0. The van der Waals surface area contributed by atoms with Gasteiger partial charge in [-0.1, -0.05) is 26.8 Å². The van der Waals surface area contributed by atoms with E-state index in [1.54, 1.807) is 12.1 Å². The van der Waals surface area contributed by atoms with Crippen LogP contribution in [0, 0.1) is 20.2 Å². The zero-order chi connectivity index (χ0) is 19.6. The largest absolute Gasteiger partial charge is 0.506 e. The number of hydrogen-bond donors (Lipinski definition) is 2. The predicted molar refractivity (Wildman–Crippen MR) is 95.5 cm³/mol. The van der Waals surface area contributed by atoms with E-state index in [0.29, 0.717) is 6.07 Å². The number of phenolic OH excluding ortho intramolecular Hbond substituents is 2. The Labute approximate surface area is 148 Å². The van der Waals surface area contributed by atoms with Crippen molar-refractivity contribution in [1.82, 2.24) is 0 Å². The molecule has 0 spiro atoms. The number of rotatable bonds is 4. The van der Waals surface area contributed by atoms with E-state index >= 15 is 0 Å². The first kappa shape index (κ1) is 18.8. The first-order chi connectivity index (χ1) is 12.0. The number of nitrogens with zero attached hydrogens (tertiary/aromatic N) is 3. The molecule has 2 rings (SSSR count). The van der Waals surface area contributed by atoms with Crippen molar-refractivity contribution in [2.45, 2.75) is 26.2 Å². The third-order valence-electron chi connectivity index (χ3n) is 3.70. The maximum Gasteiger partial charge on any atom is 0.318 e. The summed E-state index contributed by atoms with van der Waals surface area (Å²) in [5, 5.41) is 41.8. The van der Waals surface area contributed by atoms with Gasteiger partial charge in [0, 0.05) is 17.8 Å².